The van der Waals surface area contributed by atoms with Crippen molar-refractivity contribution in [2.45, 2.75) is 33.1 Å². The molecule has 1 fully saturated rings. The van der Waals surface area contributed by atoms with Crippen LogP contribution in [0.5, 0.6) is 0 Å². The summed E-state index contributed by atoms with van der Waals surface area (Å²) in [6, 6.07) is 5.41. The Bertz CT molecular complexity index is 487. The van der Waals surface area contributed by atoms with Crippen molar-refractivity contribution in [1.29, 1.82) is 0 Å². The molecule has 110 valence electrons. The second-order valence-electron chi connectivity index (χ2n) is 5.89. The Balaban J connectivity index is 2.23. The van der Waals surface area contributed by atoms with E-state index in [9.17, 15) is 9.90 Å². The van der Waals surface area contributed by atoms with Crippen molar-refractivity contribution in [3.63, 3.8) is 0 Å². The van der Waals surface area contributed by atoms with Crippen molar-refractivity contribution in [2.75, 3.05) is 18.0 Å². The maximum atomic E-state index is 11.4. The van der Waals surface area contributed by atoms with Gasteiger partial charge in [-0.2, -0.15) is 0 Å². The minimum atomic E-state index is -0.850. The standard InChI is InChI=1S/C16H22BrNO2/c1-11(2)12-4-3-8-18(9-7-12)15-10-13(17)5-6-14(15)16(19)20/h5-6,10-12H,3-4,7-9H2,1-2H3,(H,19,20). The molecule has 1 N–H and O–H groups in total. The van der Waals surface area contributed by atoms with Gasteiger partial charge in [0.1, 0.15) is 0 Å². The lowest BCUT2D eigenvalue weighted by Crippen LogP contribution is -2.26. The molecule has 0 bridgehead atoms. The molecule has 0 radical (unpaired) electrons. The summed E-state index contributed by atoms with van der Waals surface area (Å²) in [7, 11) is 0. The van der Waals surface area contributed by atoms with Crippen molar-refractivity contribution in [1.82, 2.24) is 0 Å². The van der Waals surface area contributed by atoms with Crippen LogP contribution in [0.25, 0.3) is 0 Å². The van der Waals surface area contributed by atoms with Gasteiger partial charge in [0.25, 0.3) is 0 Å². The van der Waals surface area contributed by atoms with E-state index in [1.165, 1.54) is 6.42 Å². The van der Waals surface area contributed by atoms with Crippen molar-refractivity contribution >= 4 is 27.6 Å². The lowest BCUT2D eigenvalue weighted by molar-refractivity contribution is 0.0697. The Kier molecular flexibility index (Phi) is 5.08. The van der Waals surface area contributed by atoms with Gasteiger partial charge in [-0.1, -0.05) is 29.8 Å². The van der Waals surface area contributed by atoms with Crippen LogP contribution >= 0.6 is 15.9 Å². The highest BCUT2D eigenvalue weighted by atomic mass is 79.9. The Morgan fingerprint density at radius 1 is 1.35 bits per heavy atom. The Morgan fingerprint density at radius 3 is 2.75 bits per heavy atom. The first-order chi connectivity index (χ1) is 9.49. The zero-order chi connectivity index (χ0) is 14.7. The number of aromatic carboxylic acids is 1. The number of benzene rings is 1. The van der Waals surface area contributed by atoms with Crippen LogP contribution in [0, 0.1) is 11.8 Å². The fourth-order valence-corrected chi connectivity index (χ4v) is 3.33. The molecule has 0 spiro atoms. The number of hydrogen-bond acceptors (Lipinski definition) is 2. The molecule has 0 amide bonds. The average molecular weight is 340 g/mol. The Hall–Kier alpha value is -1.03. The maximum absolute atomic E-state index is 11.4. The molecule has 1 aromatic rings. The highest BCUT2D eigenvalue weighted by Gasteiger charge is 2.22. The topological polar surface area (TPSA) is 40.5 Å². The predicted octanol–water partition coefficient (Wildman–Crippen LogP) is 4.41. The summed E-state index contributed by atoms with van der Waals surface area (Å²) >= 11 is 3.45. The molecule has 20 heavy (non-hydrogen) atoms. The lowest BCUT2D eigenvalue weighted by Gasteiger charge is -2.25. The third-order valence-electron chi connectivity index (χ3n) is 4.25. The number of carboxylic acid groups (broad SMARTS) is 1. The number of nitrogens with zero attached hydrogens (tertiary/aromatic N) is 1. The van der Waals surface area contributed by atoms with Gasteiger partial charge in [-0.15, -0.1) is 0 Å². The zero-order valence-corrected chi connectivity index (χ0v) is 13.7. The molecule has 1 saturated heterocycles. The molecule has 4 heteroatoms. The molecule has 0 aliphatic carbocycles. The smallest absolute Gasteiger partial charge is 0.337 e. The van der Waals surface area contributed by atoms with Crippen LogP contribution in [0.15, 0.2) is 22.7 Å². The second kappa shape index (κ2) is 6.61. The fraction of sp³-hybridized carbons (Fsp3) is 0.562. The second-order valence-corrected chi connectivity index (χ2v) is 6.80. The molecule has 2 rings (SSSR count). The number of anilines is 1. The Labute approximate surface area is 129 Å². The van der Waals surface area contributed by atoms with Gasteiger partial charge in [-0.25, -0.2) is 4.79 Å². The van der Waals surface area contributed by atoms with E-state index in [1.54, 1.807) is 12.1 Å². The van der Waals surface area contributed by atoms with Gasteiger partial charge in [0, 0.05) is 17.6 Å². The number of halogens is 1. The molecular weight excluding hydrogens is 318 g/mol. The van der Waals surface area contributed by atoms with E-state index in [2.05, 4.69) is 34.7 Å². The molecule has 1 heterocycles. The van der Waals surface area contributed by atoms with Crippen LogP contribution in [0.4, 0.5) is 5.69 Å². The van der Waals surface area contributed by atoms with Gasteiger partial charge in [0.2, 0.25) is 0 Å². The van der Waals surface area contributed by atoms with Crippen molar-refractivity contribution in [2.24, 2.45) is 11.8 Å². The van der Waals surface area contributed by atoms with Crippen LogP contribution < -0.4 is 4.90 Å². The molecule has 0 aromatic heterocycles. The molecule has 0 saturated carbocycles. The highest BCUT2D eigenvalue weighted by molar-refractivity contribution is 9.10. The molecule has 3 nitrogen and oxygen atoms in total. The van der Waals surface area contributed by atoms with E-state index in [0.29, 0.717) is 11.5 Å². The van der Waals surface area contributed by atoms with Crippen molar-refractivity contribution in [3.05, 3.63) is 28.2 Å². The third kappa shape index (κ3) is 3.54. The zero-order valence-electron chi connectivity index (χ0n) is 12.1. The van der Waals surface area contributed by atoms with E-state index < -0.39 is 5.97 Å². The minimum absolute atomic E-state index is 0.399. The summed E-state index contributed by atoms with van der Waals surface area (Å²) in [4.78, 5) is 13.6. The summed E-state index contributed by atoms with van der Waals surface area (Å²) < 4.78 is 0.933. The molecule has 1 aromatic carbocycles. The number of carboxylic acids is 1. The summed E-state index contributed by atoms with van der Waals surface area (Å²) in [5.74, 6) is 0.606. The van der Waals surface area contributed by atoms with Crippen molar-refractivity contribution in [3.8, 4) is 0 Å². The summed E-state index contributed by atoms with van der Waals surface area (Å²) in [6.45, 7) is 6.45. The highest BCUT2D eigenvalue weighted by Crippen LogP contribution is 2.30. The molecule has 1 aliphatic heterocycles. The quantitative estimate of drug-likeness (QED) is 0.886. The van der Waals surface area contributed by atoms with Gasteiger partial charge >= 0.3 is 5.97 Å². The summed E-state index contributed by atoms with van der Waals surface area (Å²) in [5, 5.41) is 9.36. The van der Waals surface area contributed by atoms with Crippen molar-refractivity contribution < 1.29 is 9.90 Å². The maximum Gasteiger partial charge on any atom is 0.337 e. The molecule has 1 unspecified atom stereocenters. The molecule has 1 atom stereocenters. The number of rotatable bonds is 3. The number of carbonyl (C=O) groups is 1. The predicted molar refractivity (Wildman–Crippen MR) is 85.5 cm³/mol. The van der Waals surface area contributed by atoms with E-state index >= 15 is 0 Å². The van der Waals surface area contributed by atoms with Crippen LogP contribution in [0.3, 0.4) is 0 Å². The lowest BCUT2D eigenvalue weighted by atomic mass is 9.89. The molecular formula is C16H22BrNO2. The average Bonchev–Trinajstić information content (AvgIpc) is 2.63. The fourth-order valence-electron chi connectivity index (χ4n) is 2.98. The normalized spacial score (nSPS) is 20.0. The van der Waals surface area contributed by atoms with Crippen LogP contribution in [0.1, 0.15) is 43.5 Å². The van der Waals surface area contributed by atoms with E-state index in [1.807, 2.05) is 6.07 Å². The van der Waals surface area contributed by atoms with Gasteiger partial charge in [-0.05, 0) is 49.3 Å². The Morgan fingerprint density at radius 2 is 2.10 bits per heavy atom. The minimum Gasteiger partial charge on any atom is -0.478 e. The van der Waals surface area contributed by atoms with E-state index in [-0.39, 0.29) is 0 Å². The number of hydrogen-bond donors (Lipinski definition) is 1. The van der Waals surface area contributed by atoms with E-state index in [4.69, 9.17) is 0 Å². The summed E-state index contributed by atoms with van der Waals surface area (Å²) in [6.07, 6.45) is 3.52. The SMILES string of the molecule is CC(C)C1CCCN(c2cc(Br)ccc2C(=O)O)CC1. The van der Waals surface area contributed by atoms with E-state index in [0.717, 1.165) is 42.0 Å². The van der Waals surface area contributed by atoms with Crippen LogP contribution in [-0.2, 0) is 0 Å². The monoisotopic (exact) mass is 339 g/mol. The largest absolute Gasteiger partial charge is 0.478 e. The molecule has 1 aliphatic rings. The first-order valence-corrected chi connectivity index (χ1v) is 8.06. The van der Waals surface area contributed by atoms with Crippen LogP contribution in [-0.4, -0.2) is 24.2 Å². The van der Waals surface area contributed by atoms with Gasteiger partial charge in [0.15, 0.2) is 0 Å². The summed E-state index contributed by atoms with van der Waals surface area (Å²) in [5.41, 5.74) is 1.24. The van der Waals surface area contributed by atoms with Gasteiger partial charge < -0.3 is 10.0 Å². The van der Waals surface area contributed by atoms with Gasteiger partial charge in [-0.3, -0.25) is 0 Å². The van der Waals surface area contributed by atoms with Crippen LogP contribution in [0.2, 0.25) is 0 Å². The third-order valence-corrected chi connectivity index (χ3v) is 4.74. The first-order valence-electron chi connectivity index (χ1n) is 7.27. The first kappa shape index (κ1) is 15.4. The van der Waals surface area contributed by atoms with Gasteiger partial charge in [0.05, 0.1) is 11.3 Å².